The summed E-state index contributed by atoms with van der Waals surface area (Å²) in [5.41, 5.74) is 2.32. The van der Waals surface area contributed by atoms with E-state index >= 15 is 0 Å². The van der Waals surface area contributed by atoms with Gasteiger partial charge in [-0.25, -0.2) is 0 Å². The number of amides is 3. The average molecular weight is 394 g/mol. The molecule has 0 saturated carbocycles. The molecule has 1 heterocycles. The van der Waals surface area contributed by atoms with Gasteiger partial charge >= 0.3 is 5.97 Å². The number of benzene rings is 2. The number of hydrogen-bond donors (Lipinski definition) is 1. The van der Waals surface area contributed by atoms with Crippen LogP contribution in [0.15, 0.2) is 48.5 Å². The first-order chi connectivity index (χ1) is 13.9. The molecule has 1 aliphatic heterocycles. The molecule has 0 aromatic heterocycles. The van der Waals surface area contributed by atoms with Crippen LogP contribution in [0.3, 0.4) is 0 Å². The lowest BCUT2D eigenvalue weighted by atomic mass is 10.0. The monoisotopic (exact) mass is 394 g/mol. The number of nitrogens with one attached hydrogen (secondary N) is 1. The summed E-state index contributed by atoms with van der Waals surface area (Å²) in [7, 11) is 0. The van der Waals surface area contributed by atoms with Crippen molar-refractivity contribution in [3.63, 3.8) is 0 Å². The average Bonchev–Trinajstić information content (AvgIpc) is 2.95. The predicted octanol–water partition coefficient (Wildman–Crippen LogP) is 2.98. The van der Waals surface area contributed by atoms with Gasteiger partial charge in [0.2, 0.25) is 0 Å². The molecule has 0 fully saturated rings. The van der Waals surface area contributed by atoms with Crippen molar-refractivity contribution in [1.82, 2.24) is 4.90 Å². The van der Waals surface area contributed by atoms with Gasteiger partial charge in [-0.3, -0.25) is 24.1 Å². The summed E-state index contributed by atoms with van der Waals surface area (Å²) in [4.78, 5) is 49.6. The van der Waals surface area contributed by atoms with Crippen LogP contribution in [0.2, 0.25) is 0 Å². The second-order valence-electron chi connectivity index (χ2n) is 7.01. The second-order valence-corrected chi connectivity index (χ2v) is 7.01. The number of carbonyl (C=O) groups excluding carboxylic acids is 4. The number of anilines is 1. The van der Waals surface area contributed by atoms with Gasteiger partial charge in [-0.05, 0) is 29.7 Å². The molecule has 1 N–H and O–H groups in total. The Labute approximate surface area is 168 Å². The normalized spacial score (nSPS) is 12.9. The van der Waals surface area contributed by atoms with E-state index in [4.69, 9.17) is 4.74 Å². The van der Waals surface area contributed by atoms with Gasteiger partial charge in [0.05, 0.1) is 17.5 Å². The molecule has 0 bridgehead atoms. The fourth-order valence-electron chi connectivity index (χ4n) is 3.16. The van der Waals surface area contributed by atoms with Crippen LogP contribution in [0.25, 0.3) is 0 Å². The lowest BCUT2D eigenvalue weighted by Crippen LogP contribution is -2.32. The molecule has 0 aliphatic carbocycles. The number of rotatable bonds is 7. The number of para-hydroxylation sites is 1. The van der Waals surface area contributed by atoms with Gasteiger partial charge in [0, 0.05) is 12.2 Å². The van der Waals surface area contributed by atoms with Crippen LogP contribution in [-0.4, -0.2) is 41.7 Å². The Bertz CT molecular complexity index is 932. The Kier molecular flexibility index (Phi) is 6.07. The van der Waals surface area contributed by atoms with Crippen molar-refractivity contribution in [2.45, 2.75) is 26.2 Å². The lowest BCUT2D eigenvalue weighted by molar-refractivity contribution is -0.147. The number of carbonyl (C=O) groups is 4. The number of nitrogens with zero attached hydrogens (tertiary/aromatic N) is 1. The molecule has 7 heteroatoms. The van der Waals surface area contributed by atoms with Gasteiger partial charge in [0.1, 0.15) is 0 Å². The number of hydrogen-bond acceptors (Lipinski definition) is 5. The van der Waals surface area contributed by atoms with Crippen LogP contribution in [0, 0.1) is 0 Å². The third-order valence-corrected chi connectivity index (χ3v) is 4.64. The highest BCUT2D eigenvalue weighted by atomic mass is 16.5. The Hall–Kier alpha value is -3.48. The van der Waals surface area contributed by atoms with Crippen LogP contribution < -0.4 is 5.32 Å². The first kappa shape index (κ1) is 20.3. The van der Waals surface area contributed by atoms with Crippen LogP contribution in [0.5, 0.6) is 0 Å². The Morgan fingerprint density at radius 3 is 2.17 bits per heavy atom. The summed E-state index contributed by atoms with van der Waals surface area (Å²) in [6, 6.07) is 13.9. The molecular formula is C22H22N2O5. The highest BCUT2D eigenvalue weighted by Gasteiger charge is 2.35. The van der Waals surface area contributed by atoms with E-state index in [0.717, 1.165) is 10.5 Å². The number of esters is 1. The van der Waals surface area contributed by atoms with Gasteiger partial charge in [0.15, 0.2) is 6.61 Å². The summed E-state index contributed by atoms with van der Waals surface area (Å²) in [5.74, 6) is -1.74. The van der Waals surface area contributed by atoms with Crippen molar-refractivity contribution in [2.75, 3.05) is 18.5 Å². The fourth-order valence-corrected chi connectivity index (χ4v) is 3.16. The smallest absolute Gasteiger partial charge is 0.308 e. The minimum Gasteiger partial charge on any atom is -0.456 e. The van der Waals surface area contributed by atoms with E-state index in [1.807, 2.05) is 32.0 Å². The Morgan fingerprint density at radius 2 is 1.55 bits per heavy atom. The molecule has 0 atom stereocenters. The molecule has 0 saturated heterocycles. The molecule has 2 aromatic rings. The molecule has 0 unspecified atom stereocenters. The maximum Gasteiger partial charge on any atom is 0.308 e. The minimum absolute atomic E-state index is 0.0943. The third kappa shape index (κ3) is 4.51. The van der Waals surface area contributed by atoms with Crippen LogP contribution in [-0.2, 0) is 14.3 Å². The maximum absolute atomic E-state index is 12.3. The van der Waals surface area contributed by atoms with Gasteiger partial charge in [-0.15, -0.1) is 0 Å². The summed E-state index contributed by atoms with van der Waals surface area (Å²) in [6.45, 7) is 3.50. The van der Waals surface area contributed by atoms with Crippen molar-refractivity contribution in [3.8, 4) is 0 Å². The Balaban J connectivity index is 1.48. The van der Waals surface area contributed by atoms with Crippen molar-refractivity contribution < 1.29 is 23.9 Å². The van der Waals surface area contributed by atoms with Crippen molar-refractivity contribution in [1.29, 1.82) is 0 Å². The van der Waals surface area contributed by atoms with Gasteiger partial charge < -0.3 is 10.1 Å². The highest BCUT2D eigenvalue weighted by Crippen LogP contribution is 2.24. The van der Waals surface area contributed by atoms with E-state index in [9.17, 15) is 19.2 Å². The molecule has 150 valence electrons. The zero-order valence-corrected chi connectivity index (χ0v) is 16.3. The number of ether oxygens (including phenoxy) is 1. The number of imide groups is 1. The van der Waals surface area contributed by atoms with E-state index < -0.39 is 30.3 Å². The van der Waals surface area contributed by atoms with Gasteiger partial charge in [0.25, 0.3) is 17.7 Å². The van der Waals surface area contributed by atoms with Crippen molar-refractivity contribution in [2.24, 2.45) is 0 Å². The molecule has 2 aromatic carbocycles. The molecular weight excluding hydrogens is 372 g/mol. The summed E-state index contributed by atoms with van der Waals surface area (Å²) in [5, 5.41) is 2.74. The highest BCUT2D eigenvalue weighted by molar-refractivity contribution is 6.21. The van der Waals surface area contributed by atoms with Crippen molar-refractivity contribution >= 4 is 29.4 Å². The van der Waals surface area contributed by atoms with Crippen LogP contribution in [0.1, 0.15) is 52.5 Å². The van der Waals surface area contributed by atoms with Crippen LogP contribution >= 0.6 is 0 Å². The first-order valence-corrected chi connectivity index (χ1v) is 9.38. The maximum atomic E-state index is 12.3. The van der Waals surface area contributed by atoms with E-state index in [2.05, 4.69) is 5.32 Å². The van der Waals surface area contributed by atoms with E-state index in [1.54, 1.807) is 30.3 Å². The lowest BCUT2D eigenvalue weighted by Gasteiger charge is -2.14. The summed E-state index contributed by atoms with van der Waals surface area (Å²) < 4.78 is 4.98. The molecule has 3 amide bonds. The van der Waals surface area contributed by atoms with Gasteiger partial charge in [-0.2, -0.15) is 0 Å². The van der Waals surface area contributed by atoms with Crippen LogP contribution in [0.4, 0.5) is 5.69 Å². The zero-order chi connectivity index (χ0) is 21.0. The molecule has 7 nitrogen and oxygen atoms in total. The molecule has 0 radical (unpaired) electrons. The Morgan fingerprint density at radius 1 is 0.966 bits per heavy atom. The summed E-state index contributed by atoms with van der Waals surface area (Å²) >= 11 is 0. The summed E-state index contributed by atoms with van der Waals surface area (Å²) in [6.07, 6.45) is -0.179. The van der Waals surface area contributed by atoms with E-state index in [-0.39, 0.29) is 18.9 Å². The largest absolute Gasteiger partial charge is 0.456 e. The molecule has 1 aliphatic rings. The quantitative estimate of drug-likeness (QED) is 0.576. The standard InChI is InChI=1S/C22H22N2O5/c1-14(2)15-7-5-6-10-18(15)23-19(25)13-29-20(26)11-12-24-21(27)16-8-3-4-9-17(16)22(24)28/h3-10,14H,11-13H2,1-2H3,(H,23,25). The topological polar surface area (TPSA) is 92.8 Å². The van der Waals surface area contributed by atoms with Gasteiger partial charge in [-0.1, -0.05) is 44.2 Å². The molecule has 0 spiro atoms. The zero-order valence-electron chi connectivity index (χ0n) is 16.3. The number of fused-ring (bicyclic) bond motifs is 1. The third-order valence-electron chi connectivity index (χ3n) is 4.64. The molecule has 29 heavy (non-hydrogen) atoms. The minimum atomic E-state index is -0.658. The first-order valence-electron chi connectivity index (χ1n) is 9.38. The SMILES string of the molecule is CC(C)c1ccccc1NC(=O)COC(=O)CCN1C(=O)c2ccccc2C1=O. The molecule has 3 rings (SSSR count). The van der Waals surface area contributed by atoms with E-state index in [1.165, 1.54) is 0 Å². The second kappa shape index (κ2) is 8.68. The predicted molar refractivity (Wildman–Crippen MR) is 107 cm³/mol. The van der Waals surface area contributed by atoms with Crippen molar-refractivity contribution in [3.05, 3.63) is 65.2 Å². The fraction of sp³-hybridized carbons (Fsp3) is 0.273. The van der Waals surface area contributed by atoms with E-state index in [0.29, 0.717) is 16.8 Å².